The van der Waals surface area contributed by atoms with Crippen LogP contribution in [0, 0.1) is 0 Å². The smallest absolute Gasteiger partial charge is 0.0903 e. The van der Waals surface area contributed by atoms with Crippen LogP contribution >= 0.6 is 0 Å². The number of hydrogen-bond donors (Lipinski definition) is 2. The second-order valence-corrected chi connectivity index (χ2v) is 3.14. The lowest BCUT2D eigenvalue weighted by atomic mass is 9.97. The molecule has 1 rings (SSSR count). The van der Waals surface area contributed by atoms with Gasteiger partial charge in [0.2, 0.25) is 0 Å². The van der Waals surface area contributed by atoms with Crippen LogP contribution in [0.4, 0.5) is 0 Å². The highest BCUT2D eigenvalue weighted by Crippen LogP contribution is 2.29. The van der Waals surface area contributed by atoms with Gasteiger partial charge in [-0.1, -0.05) is 0 Å². The van der Waals surface area contributed by atoms with E-state index in [2.05, 4.69) is 0 Å². The fourth-order valence-corrected chi connectivity index (χ4v) is 1.22. The molecule has 3 heteroatoms. The van der Waals surface area contributed by atoms with Gasteiger partial charge in [0.1, 0.15) is 0 Å². The molecule has 0 saturated carbocycles. The van der Waals surface area contributed by atoms with Gasteiger partial charge < -0.3 is 14.9 Å². The molecule has 60 valence electrons. The predicted octanol–water partition coefficient (Wildman–Crippen LogP) is -0.0929. The summed E-state index contributed by atoms with van der Waals surface area (Å²) in [6.07, 6.45) is 0.194. The molecule has 0 aromatic heterocycles. The van der Waals surface area contributed by atoms with Gasteiger partial charge in [-0.15, -0.1) is 0 Å². The molecule has 0 unspecified atom stereocenters. The van der Waals surface area contributed by atoms with E-state index >= 15 is 0 Å². The minimum Gasteiger partial charge on any atom is -0.394 e. The SMILES string of the molecule is C[C@@H]1O[C@H](CO)C[C@@]1(C)O. The van der Waals surface area contributed by atoms with Crippen molar-refractivity contribution < 1.29 is 14.9 Å². The van der Waals surface area contributed by atoms with E-state index in [0.29, 0.717) is 6.42 Å². The molecule has 1 saturated heterocycles. The van der Waals surface area contributed by atoms with E-state index in [1.807, 2.05) is 6.92 Å². The zero-order chi connectivity index (χ0) is 7.78. The molecule has 0 aromatic carbocycles. The quantitative estimate of drug-likeness (QED) is 0.543. The Morgan fingerprint density at radius 1 is 1.70 bits per heavy atom. The standard InChI is InChI=1S/C7H14O3/c1-5-7(2,9)3-6(4-8)10-5/h5-6,8-9H,3-4H2,1-2H3/t5-,6-,7+/m0/s1. The lowest BCUT2D eigenvalue weighted by Crippen LogP contribution is -2.31. The summed E-state index contributed by atoms with van der Waals surface area (Å²) >= 11 is 0. The summed E-state index contributed by atoms with van der Waals surface area (Å²) in [5, 5.41) is 18.2. The maximum atomic E-state index is 9.53. The first kappa shape index (κ1) is 7.98. The van der Waals surface area contributed by atoms with Gasteiger partial charge >= 0.3 is 0 Å². The fourth-order valence-electron chi connectivity index (χ4n) is 1.22. The first-order valence-electron chi connectivity index (χ1n) is 3.55. The van der Waals surface area contributed by atoms with Gasteiger partial charge in [-0.2, -0.15) is 0 Å². The Morgan fingerprint density at radius 3 is 2.50 bits per heavy atom. The molecule has 1 fully saturated rings. The lowest BCUT2D eigenvalue weighted by molar-refractivity contribution is -0.0339. The molecular weight excluding hydrogens is 132 g/mol. The maximum Gasteiger partial charge on any atom is 0.0903 e. The van der Waals surface area contributed by atoms with Gasteiger partial charge in [0.15, 0.2) is 0 Å². The summed E-state index contributed by atoms with van der Waals surface area (Å²) in [4.78, 5) is 0. The maximum absolute atomic E-state index is 9.53. The monoisotopic (exact) mass is 146 g/mol. The highest BCUT2D eigenvalue weighted by molar-refractivity contribution is 4.89. The minimum absolute atomic E-state index is 0.000486. The van der Waals surface area contributed by atoms with Crippen molar-refractivity contribution in [3.8, 4) is 0 Å². The zero-order valence-electron chi connectivity index (χ0n) is 6.37. The Balaban J connectivity index is 2.53. The van der Waals surface area contributed by atoms with Crippen molar-refractivity contribution in [2.24, 2.45) is 0 Å². The number of rotatable bonds is 1. The van der Waals surface area contributed by atoms with E-state index in [0.717, 1.165) is 0 Å². The Hall–Kier alpha value is -0.120. The second-order valence-electron chi connectivity index (χ2n) is 3.14. The highest BCUT2D eigenvalue weighted by Gasteiger charge is 2.40. The number of hydrogen-bond acceptors (Lipinski definition) is 3. The fraction of sp³-hybridized carbons (Fsp3) is 1.00. The number of aliphatic hydroxyl groups is 2. The van der Waals surface area contributed by atoms with E-state index in [1.54, 1.807) is 6.92 Å². The van der Waals surface area contributed by atoms with Gasteiger partial charge in [-0.3, -0.25) is 0 Å². The Kier molecular flexibility index (Phi) is 1.99. The van der Waals surface area contributed by atoms with E-state index in [4.69, 9.17) is 9.84 Å². The molecule has 10 heavy (non-hydrogen) atoms. The van der Waals surface area contributed by atoms with E-state index in [9.17, 15) is 5.11 Å². The van der Waals surface area contributed by atoms with Crippen molar-refractivity contribution in [3.63, 3.8) is 0 Å². The zero-order valence-corrected chi connectivity index (χ0v) is 6.37. The molecule has 1 aliphatic rings. The van der Waals surface area contributed by atoms with Crippen LogP contribution in [0.25, 0.3) is 0 Å². The van der Waals surface area contributed by atoms with Crippen molar-refractivity contribution >= 4 is 0 Å². The van der Waals surface area contributed by atoms with Gasteiger partial charge in [0.25, 0.3) is 0 Å². The minimum atomic E-state index is -0.757. The Bertz CT molecular complexity index is 122. The highest BCUT2D eigenvalue weighted by atomic mass is 16.5. The van der Waals surface area contributed by atoms with E-state index < -0.39 is 5.60 Å². The molecule has 1 aliphatic heterocycles. The van der Waals surface area contributed by atoms with Crippen molar-refractivity contribution in [3.05, 3.63) is 0 Å². The van der Waals surface area contributed by atoms with Crippen molar-refractivity contribution in [1.82, 2.24) is 0 Å². The Morgan fingerprint density at radius 2 is 2.30 bits per heavy atom. The molecule has 0 amide bonds. The van der Waals surface area contributed by atoms with E-state index in [-0.39, 0.29) is 18.8 Å². The summed E-state index contributed by atoms with van der Waals surface area (Å²) in [6.45, 7) is 3.55. The van der Waals surface area contributed by atoms with Gasteiger partial charge in [0.05, 0.1) is 24.4 Å². The van der Waals surface area contributed by atoms with Gasteiger partial charge in [0, 0.05) is 6.42 Å². The van der Waals surface area contributed by atoms with Crippen LogP contribution in [-0.4, -0.2) is 34.6 Å². The second kappa shape index (κ2) is 2.49. The summed E-state index contributed by atoms with van der Waals surface area (Å²) in [6, 6.07) is 0. The molecule has 0 radical (unpaired) electrons. The normalized spacial score (nSPS) is 48.0. The van der Waals surface area contributed by atoms with Crippen LogP contribution in [0.3, 0.4) is 0 Å². The molecule has 3 nitrogen and oxygen atoms in total. The van der Waals surface area contributed by atoms with Gasteiger partial charge in [-0.25, -0.2) is 0 Å². The predicted molar refractivity (Wildman–Crippen MR) is 36.7 cm³/mol. The third kappa shape index (κ3) is 1.31. The van der Waals surface area contributed by atoms with Crippen LogP contribution in [0.5, 0.6) is 0 Å². The van der Waals surface area contributed by atoms with Crippen molar-refractivity contribution in [1.29, 1.82) is 0 Å². The molecule has 0 spiro atoms. The molecule has 2 N–H and O–H groups in total. The molecule has 1 heterocycles. The first-order chi connectivity index (χ1) is 4.56. The topological polar surface area (TPSA) is 49.7 Å². The summed E-state index contributed by atoms with van der Waals surface area (Å²) in [7, 11) is 0. The van der Waals surface area contributed by atoms with Crippen LogP contribution in [0.15, 0.2) is 0 Å². The molecule has 0 bridgehead atoms. The van der Waals surface area contributed by atoms with Crippen LogP contribution < -0.4 is 0 Å². The van der Waals surface area contributed by atoms with Crippen LogP contribution in [0.1, 0.15) is 20.3 Å². The first-order valence-corrected chi connectivity index (χ1v) is 3.55. The number of aliphatic hydroxyl groups excluding tert-OH is 1. The summed E-state index contributed by atoms with van der Waals surface area (Å²) in [5.74, 6) is 0. The summed E-state index contributed by atoms with van der Waals surface area (Å²) < 4.78 is 5.23. The van der Waals surface area contributed by atoms with Gasteiger partial charge in [-0.05, 0) is 13.8 Å². The van der Waals surface area contributed by atoms with Crippen LogP contribution in [0.2, 0.25) is 0 Å². The average Bonchev–Trinajstić information content (AvgIpc) is 2.08. The third-order valence-electron chi connectivity index (χ3n) is 2.12. The largest absolute Gasteiger partial charge is 0.394 e. The average molecular weight is 146 g/mol. The third-order valence-corrected chi connectivity index (χ3v) is 2.12. The Labute approximate surface area is 60.6 Å². The molecule has 0 aliphatic carbocycles. The molecule has 3 atom stereocenters. The van der Waals surface area contributed by atoms with Crippen LogP contribution in [-0.2, 0) is 4.74 Å². The summed E-state index contributed by atoms with van der Waals surface area (Å²) in [5.41, 5.74) is -0.757. The number of ether oxygens (including phenoxy) is 1. The van der Waals surface area contributed by atoms with Crippen molar-refractivity contribution in [2.45, 2.75) is 38.1 Å². The van der Waals surface area contributed by atoms with Crippen molar-refractivity contribution in [2.75, 3.05) is 6.61 Å². The van der Waals surface area contributed by atoms with E-state index in [1.165, 1.54) is 0 Å². The lowest BCUT2D eigenvalue weighted by Gasteiger charge is -2.18. The molecule has 0 aromatic rings. The molecular formula is C7H14O3.